The number of rotatable bonds is 6. The summed E-state index contributed by atoms with van der Waals surface area (Å²) in [5.41, 5.74) is 2.17. The summed E-state index contributed by atoms with van der Waals surface area (Å²) >= 11 is 0. The Morgan fingerprint density at radius 3 is 2.27 bits per heavy atom. The highest BCUT2D eigenvalue weighted by Gasteiger charge is 2.25. The highest BCUT2D eigenvalue weighted by Crippen LogP contribution is 2.12. The van der Waals surface area contributed by atoms with Gasteiger partial charge in [-0.15, -0.1) is 0 Å². The Bertz CT molecular complexity index is 581. The summed E-state index contributed by atoms with van der Waals surface area (Å²) in [6.45, 7) is 3.78. The van der Waals surface area contributed by atoms with Gasteiger partial charge in [-0.1, -0.05) is 24.3 Å². The van der Waals surface area contributed by atoms with Gasteiger partial charge in [-0.2, -0.15) is 17.4 Å². The van der Waals surface area contributed by atoms with Crippen molar-refractivity contribution in [3.63, 3.8) is 0 Å². The minimum atomic E-state index is -3.41. The standard InChI is InChI=1S/C15H26N4O2S/c1-17(2)13-15-7-5-4-6-14(15)12-16-22(20,21)19-10-8-18(3)9-11-19/h4-7,16H,8-13H2,1-3H3. The van der Waals surface area contributed by atoms with Gasteiger partial charge in [0.25, 0.3) is 10.2 Å². The molecule has 0 amide bonds. The van der Waals surface area contributed by atoms with E-state index in [2.05, 4.69) is 14.5 Å². The maximum absolute atomic E-state index is 12.4. The molecule has 6 nitrogen and oxygen atoms in total. The van der Waals surface area contributed by atoms with E-state index in [-0.39, 0.29) is 0 Å². The fraction of sp³-hybridized carbons (Fsp3) is 0.600. The Hall–Kier alpha value is -0.990. The van der Waals surface area contributed by atoms with E-state index in [4.69, 9.17) is 0 Å². The van der Waals surface area contributed by atoms with Crippen LogP contribution in [-0.4, -0.2) is 69.8 Å². The van der Waals surface area contributed by atoms with Crippen LogP contribution in [0.2, 0.25) is 0 Å². The van der Waals surface area contributed by atoms with E-state index < -0.39 is 10.2 Å². The fourth-order valence-electron chi connectivity index (χ4n) is 2.51. The molecular weight excluding hydrogens is 300 g/mol. The molecule has 0 aliphatic carbocycles. The number of hydrogen-bond donors (Lipinski definition) is 1. The second kappa shape index (κ2) is 7.52. The molecular formula is C15H26N4O2S. The first kappa shape index (κ1) is 17.4. The molecule has 2 rings (SSSR count). The molecule has 0 radical (unpaired) electrons. The van der Waals surface area contributed by atoms with Crippen molar-refractivity contribution < 1.29 is 8.42 Å². The summed E-state index contributed by atoms with van der Waals surface area (Å²) in [6, 6.07) is 7.95. The monoisotopic (exact) mass is 326 g/mol. The lowest BCUT2D eigenvalue weighted by atomic mass is 10.1. The third-order valence-corrected chi connectivity index (χ3v) is 5.41. The molecule has 1 aliphatic rings. The third-order valence-electron chi connectivity index (χ3n) is 3.85. The lowest BCUT2D eigenvalue weighted by Crippen LogP contribution is -2.50. The molecule has 1 N–H and O–H groups in total. The Morgan fingerprint density at radius 1 is 1.09 bits per heavy atom. The van der Waals surface area contributed by atoms with E-state index in [1.165, 1.54) is 4.31 Å². The molecule has 0 aromatic heterocycles. The summed E-state index contributed by atoms with van der Waals surface area (Å²) in [5.74, 6) is 0. The maximum Gasteiger partial charge on any atom is 0.279 e. The van der Waals surface area contributed by atoms with E-state index in [0.29, 0.717) is 19.6 Å². The van der Waals surface area contributed by atoms with Crippen molar-refractivity contribution in [3.05, 3.63) is 35.4 Å². The molecule has 124 valence electrons. The van der Waals surface area contributed by atoms with Crippen molar-refractivity contribution in [2.24, 2.45) is 0 Å². The average molecular weight is 326 g/mol. The van der Waals surface area contributed by atoms with Crippen LogP contribution in [-0.2, 0) is 23.3 Å². The van der Waals surface area contributed by atoms with E-state index in [1.807, 2.05) is 45.4 Å². The highest BCUT2D eigenvalue weighted by atomic mass is 32.2. The second-order valence-electron chi connectivity index (χ2n) is 6.03. The van der Waals surface area contributed by atoms with E-state index in [0.717, 1.165) is 30.8 Å². The zero-order chi connectivity index (χ0) is 16.2. The van der Waals surface area contributed by atoms with Crippen molar-refractivity contribution in [1.29, 1.82) is 0 Å². The van der Waals surface area contributed by atoms with Gasteiger partial charge in [-0.05, 0) is 32.3 Å². The topological polar surface area (TPSA) is 55.9 Å². The lowest BCUT2D eigenvalue weighted by molar-refractivity contribution is 0.221. The van der Waals surface area contributed by atoms with E-state index in [1.54, 1.807) is 0 Å². The van der Waals surface area contributed by atoms with Crippen molar-refractivity contribution in [1.82, 2.24) is 18.8 Å². The number of nitrogens with zero attached hydrogens (tertiary/aromatic N) is 3. The van der Waals surface area contributed by atoms with Crippen LogP contribution in [0.3, 0.4) is 0 Å². The SMILES string of the molecule is CN(C)Cc1ccccc1CNS(=O)(=O)N1CCN(C)CC1. The summed E-state index contributed by atoms with van der Waals surface area (Å²) in [7, 11) is 2.61. The van der Waals surface area contributed by atoms with Crippen molar-refractivity contribution >= 4 is 10.2 Å². The number of hydrogen-bond acceptors (Lipinski definition) is 4. The summed E-state index contributed by atoms with van der Waals surface area (Å²) in [4.78, 5) is 4.21. The predicted octanol–water partition coefficient (Wildman–Crippen LogP) is 0.330. The molecule has 0 unspecified atom stereocenters. The number of nitrogens with one attached hydrogen (secondary N) is 1. The minimum absolute atomic E-state index is 0.332. The van der Waals surface area contributed by atoms with Crippen LogP contribution in [0.25, 0.3) is 0 Å². The third kappa shape index (κ3) is 4.76. The molecule has 7 heteroatoms. The van der Waals surface area contributed by atoms with Gasteiger partial charge in [-0.3, -0.25) is 0 Å². The smallest absolute Gasteiger partial charge is 0.279 e. The molecule has 0 atom stereocenters. The first-order valence-electron chi connectivity index (χ1n) is 7.53. The van der Waals surface area contributed by atoms with E-state index >= 15 is 0 Å². The maximum atomic E-state index is 12.4. The van der Waals surface area contributed by atoms with Crippen molar-refractivity contribution in [3.8, 4) is 0 Å². The lowest BCUT2D eigenvalue weighted by Gasteiger charge is -2.31. The molecule has 1 aliphatic heterocycles. The number of piperazine rings is 1. The molecule has 1 aromatic carbocycles. The molecule has 0 bridgehead atoms. The van der Waals surface area contributed by atoms with Crippen molar-refractivity contribution in [2.45, 2.75) is 13.1 Å². The summed E-state index contributed by atoms with van der Waals surface area (Å²) < 4.78 is 29.0. The first-order valence-corrected chi connectivity index (χ1v) is 8.97. The first-order chi connectivity index (χ1) is 10.4. The molecule has 1 fully saturated rings. The Labute approximate surface area is 133 Å². The molecule has 0 spiro atoms. The van der Waals surface area contributed by atoms with Gasteiger partial charge in [0.15, 0.2) is 0 Å². The Balaban J connectivity index is 2.00. The number of likely N-dealkylation sites (N-methyl/N-ethyl adjacent to an activating group) is 1. The Kier molecular flexibility index (Phi) is 5.94. The van der Waals surface area contributed by atoms with Crippen LogP contribution in [0.5, 0.6) is 0 Å². The van der Waals surface area contributed by atoms with Crippen LogP contribution in [0.4, 0.5) is 0 Å². The molecule has 0 saturated carbocycles. The van der Waals surface area contributed by atoms with Crippen LogP contribution < -0.4 is 4.72 Å². The normalized spacial score (nSPS) is 18.0. The van der Waals surface area contributed by atoms with Gasteiger partial charge in [0.2, 0.25) is 0 Å². The average Bonchev–Trinajstić information content (AvgIpc) is 2.46. The largest absolute Gasteiger partial charge is 0.305 e. The van der Waals surface area contributed by atoms with Gasteiger partial charge in [0, 0.05) is 39.3 Å². The van der Waals surface area contributed by atoms with Gasteiger partial charge in [0.05, 0.1) is 0 Å². The molecule has 1 aromatic rings. The van der Waals surface area contributed by atoms with Gasteiger partial charge in [-0.25, -0.2) is 0 Å². The van der Waals surface area contributed by atoms with Crippen LogP contribution in [0.1, 0.15) is 11.1 Å². The second-order valence-corrected chi connectivity index (χ2v) is 7.79. The summed E-state index contributed by atoms with van der Waals surface area (Å²) in [5, 5.41) is 0. The molecule has 1 saturated heterocycles. The van der Waals surface area contributed by atoms with Gasteiger partial charge >= 0.3 is 0 Å². The highest BCUT2D eigenvalue weighted by molar-refractivity contribution is 7.87. The minimum Gasteiger partial charge on any atom is -0.305 e. The fourth-order valence-corrected chi connectivity index (χ4v) is 3.68. The zero-order valence-electron chi connectivity index (χ0n) is 13.6. The van der Waals surface area contributed by atoms with Gasteiger partial charge < -0.3 is 9.80 Å². The zero-order valence-corrected chi connectivity index (χ0v) is 14.4. The van der Waals surface area contributed by atoms with Crippen LogP contribution in [0, 0.1) is 0 Å². The molecule has 1 heterocycles. The quantitative estimate of drug-likeness (QED) is 0.819. The van der Waals surface area contributed by atoms with Crippen molar-refractivity contribution in [2.75, 3.05) is 47.3 Å². The summed E-state index contributed by atoms with van der Waals surface area (Å²) in [6.07, 6.45) is 0. The van der Waals surface area contributed by atoms with E-state index in [9.17, 15) is 8.42 Å². The molecule has 22 heavy (non-hydrogen) atoms. The van der Waals surface area contributed by atoms with Gasteiger partial charge in [0.1, 0.15) is 0 Å². The Morgan fingerprint density at radius 2 is 1.68 bits per heavy atom. The number of benzene rings is 1. The van der Waals surface area contributed by atoms with Crippen LogP contribution >= 0.6 is 0 Å². The predicted molar refractivity (Wildman–Crippen MR) is 88.7 cm³/mol. The van der Waals surface area contributed by atoms with Crippen LogP contribution in [0.15, 0.2) is 24.3 Å².